The van der Waals surface area contributed by atoms with Crippen molar-refractivity contribution in [1.82, 2.24) is 14.9 Å². The SMILES string of the molecule is CNC1CCC(CCc2nccn2C)C1C. The molecule has 1 aromatic heterocycles. The Morgan fingerprint density at radius 2 is 2.31 bits per heavy atom. The summed E-state index contributed by atoms with van der Waals surface area (Å²) in [5.74, 6) is 2.90. The van der Waals surface area contributed by atoms with Crippen molar-refractivity contribution in [1.29, 1.82) is 0 Å². The van der Waals surface area contributed by atoms with Crippen LogP contribution in [0.25, 0.3) is 0 Å². The monoisotopic (exact) mass is 221 g/mol. The summed E-state index contributed by atoms with van der Waals surface area (Å²) in [5, 5.41) is 3.43. The summed E-state index contributed by atoms with van der Waals surface area (Å²) in [6.45, 7) is 2.39. The number of aromatic nitrogens is 2. The second-order valence-corrected chi connectivity index (χ2v) is 5.08. The second-order valence-electron chi connectivity index (χ2n) is 5.08. The molecule has 0 aromatic carbocycles. The van der Waals surface area contributed by atoms with Gasteiger partial charge in [0.25, 0.3) is 0 Å². The van der Waals surface area contributed by atoms with Crippen molar-refractivity contribution >= 4 is 0 Å². The summed E-state index contributed by atoms with van der Waals surface area (Å²) < 4.78 is 2.13. The van der Waals surface area contributed by atoms with Gasteiger partial charge in [0.15, 0.2) is 0 Å². The molecule has 0 radical (unpaired) electrons. The minimum atomic E-state index is 0.728. The lowest BCUT2D eigenvalue weighted by atomic mass is 9.91. The van der Waals surface area contributed by atoms with Gasteiger partial charge >= 0.3 is 0 Å². The van der Waals surface area contributed by atoms with Crippen molar-refractivity contribution in [2.24, 2.45) is 18.9 Å². The van der Waals surface area contributed by atoms with Gasteiger partial charge in [0.2, 0.25) is 0 Å². The van der Waals surface area contributed by atoms with Crippen molar-refractivity contribution in [3.8, 4) is 0 Å². The molecule has 1 aromatic rings. The summed E-state index contributed by atoms with van der Waals surface area (Å²) in [7, 11) is 4.17. The lowest BCUT2D eigenvalue weighted by molar-refractivity contribution is 0.345. The molecule has 3 unspecified atom stereocenters. The molecule has 1 heterocycles. The van der Waals surface area contributed by atoms with Gasteiger partial charge in [0, 0.05) is 31.9 Å². The van der Waals surface area contributed by atoms with Crippen molar-refractivity contribution in [2.75, 3.05) is 7.05 Å². The van der Waals surface area contributed by atoms with Gasteiger partial charge in [0.05, 0.1) is 0 Å². The van der Waals surface area contributed by atoms with E-state index in [4.69, 9.17) is 0 Å². The molecule has 3 nitrogen and oxygen atoms in total. The molecule has 16 heavy (non-hydrogen) atoms. The molecule has 0 amide bonds. The molecule has 1 aliphatic rings. The molecule has 0 aliphatic heterocycles. The highest BCUT2D eigenvalue weighted by atomic mass is 15.0. The Hall–Kier alpha value is -0.830. The fourth-order valence-corrected chi connectivity index (χ4v) is 3.01. The molecule has 1 saturated carbocycles. The molecule has 0 spiro atoms. The maximum atomic E-state index is 4.39. The van der Waals surface area contributed by atoms with Gasteiger partial charge in [-0.05, 0) is 38.1 Å². The lowest BCUT2D eigenvalue weighted by Crippen LogP contribution is -2.29. The van der Waals surface area contributed by atoms with Crippen LogP contribution in [0.5, 0.6) is 0 Å². The van der Waals surface area contributed by atoms with Crippen LogP contribution in [0.1, 0.15) is 32.0 Å². The number of imidazole rings is 1. The number of hydrogen-bond acceptors (Lipinski definition) is 2. The molecule has 0 bridgehead atoms. The van der Waals surface area contributed by atoms with Gasteiger partial charge < -0.3 is 9.88 Å². The second kappa shape index (κ2) is 5.00. The van der Waals surface area contributed by atoms with E-state index in [1.54, 1.807) is 0 Å². The third-order valence-corrected chi connectivity index (χ3v) is 4.26. The molecular weight excluding hydrogens is 198 g/mol. The van der Waals surface area contributed by atoms with Gasteiger partial charge in [0.1, 0.15) is 5.82 Å². The number of nitrogens with one attached hydrogen (secondary N) is 1. The van der Waals surface area contributed by atoms with E-state index < -0.39 is 0 Å². The fraction of sp³-hybridized carbons (Fsp3) is 0.769. The Morgan fingerprint density at radius 3 is 2.88 bits per heavy atom. The van der Waals surface area contributed by atoms with E-state index in [-0.39, 0.29) is 0 Å². The van der Waals surface area contributed by atoms with Gasteiger partial charge in [-0.3, -0.25) is 0 Å². The first kappa shape index (κ1) is 11.6. The fourth-order valence-electron chi connectivity index (χ4n) is 3.01. The summed E-state index contributed by atoms with van der Waals surface area (Å²) in [5.41, 5.74) is 0. The van der Waals surface area contributed by atoms with Crippen molar-refractivity contribution in [3.63, 3.8) is 0 Å². The summed E-state index contributed by atoms with van der Waals surface area (Å²) >= 11 is 0. The molecule has 1 N–H and O–H groups in total. The normalized spacial score (nSPS) is 29.8. The molecule has 1 fully saturated rings. The topological polar surface area (TPSA) is 29.9 Å². The summed E-state index contributed by atoms with van der Waals surface area (Å²) in [6, 6.07) is 0.728. The Balaban J connectivity index is 1.85. The van der Waals surface area contributed by atoms with Crippen molar-refractivity contribution in [2.45, 2.75) is 38.6 Å². The third-order valence-electron chi connectivity index (χ3n) is 4.26. The zero-order valence-electron chi connectivity index (χ0n) is 10.6. The largest absolute Gasteiger partial charge is 0.338 e. The van der Waals surface area contributed by atoms with Crippen LogP contribution in [-0.2, 0) is 13.5 Å². The number of nitrogens with zero attached hydrogens (tertiary/aromatic N) is 2. The van der Waals surface area contributed by atoms with E-state index in [1.165, 1.54) is 25.1 Å². The predicted octanol–water partition coefficient (Wildman–Crippen LogP) is 1.99. The first-order valence-corrected chi connectivity index (χ1v) is 6.36. The highest BCUT2D eigenvalue weighted by molar-refractivity contribution is 4.93. The smallest absolute Gasteiger partial charge is 0.108 e. The Labute approximate surface area is 98.3 Å². The standard InChI is InChI=1S/C13H23N3/c1-10-11(4-6-12(10)14-2)5-7-13-15-8-9-16(13)3/h8-12,14H,4-7H2,1-3H3. The zero-order chi connectivity index (χ0) is 11.5. The van der Waals surface area contributed by atoms with Crippen LogP contribution >= 0.6 is 0 Å². The minimum absolute atomic E-state index is 0.728. The van der Waals surface area contributed by atoms with Crippen molar-refractivity contribution < 1.29 is 0 Å². The van der Waals surface area contributed by atoms with Crippen LogP contribution < -0.4 is 5.32 Å². The van der Waals surface area contributed by atoms with Crippen LogP contribution in [0.3, 0.4) is 0 Å². The Bertz CT molecular complexity index is 332. The molecular formula is C13H23N3. The maximum absolute atomic E-state index is 4.39. The van der Waals surface area contributed by atoms with E-state index in [1.807, 2.05) is 12.4 Å². The summed E-state index contributed by atoms with van der Waals surface area (Å²) in [6.07, 6.45) is 9.03. The van der Waals surface area contributed by atoms with E-state index in [9.17, 15) is 0 Å². The van der Waals surface area contributed by atoms with E-state index in [2.05, 4.69) is 35.9 Å². The lowest BCUT2D eigenvalue weighted by Gasteiger charge is -2.20. The quantitative estimate of drug-likeness (QED) is 0.842. The molecule has 0 saturated heterocycles. The minimum Gasteiger partial charge on any atom is -0.338 e. The Morgan fingerprint density at radius 1 is 1.50 bits per heavy atom. The van der Waals surface area contributed by atoms with Gasteiger partial charge in [-0.25, -0.2) is 4.98 Å². The molecule has 90 valence electrons. The van der Waals surface area contributed by atoms with Gasteiger partial charge in [-0.15, -0.1) is 0 Å². The first-order chi connectivity index (χ1) is 7.72. The van der Waals surface area contributed by atoms with E-state index in [0.29, 0.717) is 0 Å². The number of aryl methyl sites for hydroxylation is 2. The van der Waals surface area contributed by atoms with Crippen LogP contribution in [-0.4, -0.2) is 22.6 Å². The van der Waals surface area contributed by atoms with Gasteiger partial charge in [-0.2, -0.15) is 0 Å². The highest BCUT2D eigenvalue weighted by Gasteiger charge is 2.31. The van der Waals surface area contributed by atoms with E-state index in [0.717, 1.165) is 24.3 Å². The van der Waals surface area contributed by atoms with Gasteiger partial charge in [-0.1, -0.05) is 6.92 Å². The van der Waals surface area contributed by atoms with Crippen LogP contribution in [0.2, 0.25) is 0 Å². The third kappa shape index (κ3) is 2.29. The van der Waals surface area contributed by atoms with Crippen LogP contribution in [0.4, 0.5) is 0 Å². The average molecular weight is 221 g/mol. The molecule has 1 aliphatic carbocycles. The Kier molecular flexibility index (Phi) is 3.64. The molecule has 2 rings (SSSR count). The van der Waals surface area contributed by atoms with Crippen molar-refractivity contribution in [3.05, 3.63) is 18.2 Å². The number of hydrogen-bond donors (Lipinski definition) is 1. The van der Waals surface area contributed by atoms with E-state index >= 15 is 0 Å². The zero-order valence-corrected chi connectivity index (χ0v) is 10.6. The average Bonchev–Trinajstić information content (AvgIpc) is 2.83. The number of rotatable bonds is 4. The maximum Gasteiger partial charge on any atom is 0.108 e. The van der Waals surface area contributed by atoms with Crippen LogP contribution in [0.15, 0.2) is 12.4 Å². The molecule has 3 atom stereocenters. The summed E-state index contributed by atoms with van der Waals surface area (Å²) in [4.78, 5) is 4.39. The highest BCUT2D eigenvalue weighted by Crippen LogP contribution is 2.34. The van der Waals surface area contributed by atoms with Crippen LogP contribution in [0, 0.1) is 11.8 Å². The predicted molar refractivity (Wildman–Crippen MR) is 66.3 cm³/mol. The molecule has 3 heteroatoms. The first-order valence-electron chi connectivity index (χ1n) is 6.36.